The van der Waals surface area contributed by atoms with Crippen molar-refractivity contribution in [2.45, 2.75) is 31.7 Å². The van der Waals surface area contributed by atoms with Gasteiger partial charge in [0.2, 0.25) is 0 Å². The summed E-state index contributed by atoms with van der Waals surface area (Å²) < 4.78 is 8.09. The summed E-state index contributed by atoms with van der Waals surface area (Å²) in [6.45, 7) is 2.73. The van der Waals surface area contributed by atoms with Crippen molar-refractivity contribution in [1.82, 2.24) is 9.55 Å². The van der Waals surface area contributed by atoms with Gasteiger partial charge in [0.25, 0.3) is 0 Å². The molecule has 28 heavy (non-hydrogen) atoms. The second-order valence-corrected chi connectivity index (χ2v) is 8.60. The highest BCUT2D eigenvalue weighted by Crippen LogP contribution is 2.43. The van der Waals surface area contributed by atoms with E-state index in [0.29, 0.717) is 0 Å². The zero-order chi connectivity index (χ0) is 18.7. The van der Waals surface area contributed by atoms with Gasteiger partial charge in [-0.1, -0.05) is 17.7 Å². The zero-order valence-electron chi connectivity index (χ0n) is 15.6. The van der Waals surface area contributed by atoms with E-state index >= 15 is 0 Å². The number of nitrogens with one attached hydrogen (secondary N) is 1. The topological polar surface area (TPSA) is 39.1 Å². The highest BCUT2D eigenvalue weighted by molar-refractivity contribution is 6.30. The molecule has 1 saturated carbocycles. The van der Waals surface area contributed by atoms with Crippen molar-refractivity contribution < 1.29 is 4.74 Å². The predicted octanol–water partition coefficient (Wildman–Crippen LogP) is 5.11. The number of aromatic nitrogens is 2. The lowest BCUT2D eigenvalue weighted by molar-refractivity contribution is 0.357. The zero-order valence-corrected chi connectivity index (χ0v) is 16.4. The van der Waals surface area contributed by atoms with E-state index in [1.807, 2.05) is 18.5 Å². The normalized spacial score (nSPS) is 19.8. The number of hydrogen-bond acceptors (Lipinski definition) is 3. The SMILES string of the molecule is Clc1ccc2c(c1)NCC2c1c(-c2ccc3c(c2)CCO3)ncn1CC1CC1. The monoisotopic (exact) mass is 391 g/mol. The largest absolute Gasteiger partial charge is 0.493 e. The molecular formula is C23H22ClN3O. The second-order valence-electron chi connectivity index (χ2n) is 8.16. The molecule has 1 fully saturated rings. The summed E-state index contributed by atoms with van der Waals surface area (Å²) in [4.78, 5) is 4.90. The first-order chi connectivity index (χ1) is 13.8. The summed E-state index contributed by atoms with van der Waals surface area (Å²) in [5.41, 5.74) is 7.36. The van der Waals surface area contributed by atoms with Gasteiger partial charge in [0.15, 0.2) is 0 Å². The fraction of sp³-hybridized carbons (Fsp3) is 0.348. The van der Waals surface area contributed by atoms with Crippen molar-refractivity contribution in [3.63, 3.8) is 0 Å². The van der Waals surface area contributed by atoms with Crippen molar-refractivity contribution in [2.75, 3.05) is 18.5 Å². The van der Waals surface area contributed by atoms with Crippen molar-refractivity contribution in [3.8, 4) is 17.0 Å². The Labute approximate surface area is 169 Å². The molecule has 1 N–H and O–H groups in total. The summed E-state index contributed by atoms with van der Waals surface area (Å²) >= 11 is 6.22. The van der Waals surface area contributed by atoms with Gasteiger partial charge in [0.05, 0.1) is 24.3 Å². The van der Waals surface area contributed by atoms with Gasteiger partial charge >= 0.3 is 0 Å². The standard InChI is InChI=1S/C23H22ClN3O/c24-17-4-5-18-19(11-25-20(18)10-17)23-22(26-13-27(23)12-14-1-2-14)16-3-6-21-15(9-16)7-8-28-21/h3-6,9-10,13-14,19,25H,1-2,7-8,11-12H2. The molecule has 1 aromatic heterocycles. The maximum absolute atomic E-state index is 6.22. The Morgan fingerprint density at radius 2 is 2.11 bits per heavy atom. The minimum atomic E-state index is 0.285. The van der Waals surface area contributed by atoms with Crippen molar-refractivity contribution >= 4 is 17.3 Å². The molecule has 3 aromatic rings. The number of fused-ring (bicyclic) bond motifs is 2. The molecule has 0 spiro atoms. The average molecular weight is 392 g/mol. The molecule has 0 saturated heterocycles. The number of hydrogen-bond donors (Lipinski definition) is 1. The van der Waals surface area contributed by atoms with Gasteiger partial charge in [-0.15, -0.1) is 0 Å². The van der Waals surface area contributed by atoms with Crippen LogP contribution in [0.1, 0.15) is 35.6 Å². The van der Waals surface area contributed by atoms with Crippen LogP contribution in [0.3, 0.4) is 0 Å². The highest BCUT2D eigenvalue weighted by Gasteiger charge is 2.32. The molecule has 1 atom stereocenters. The minimum absolute atomic E-state index is 0.285. The lowest BCUT2D eigenvalue weighted by atomic mass is 9.93. The van der Waals surface area contributed by atoms with Crippen LogP contribution in [0.25, 0.3) is 11.3 Å². The summed E-state index contributed by atoms with van der Waals surface area (Å²) in [7, 11) is 0. The van der Waals surface area contributed by atoms with Gasteiger partial charge in [-0.05, 0) is 60.2 Å². The van der Waals surface area contributed by atoms with Gasteiger partial charge in [-0.2, -0.15) is 0 Å². The molecule has 0 radical (unpaired) electrons. The Balaban J connectivity index is 1.47. The molecule has 1 aliphatic carbocycles. The van der Waals surface area contributed by atoms with E-state index in [4.69, 9.17) is 21.3 Å². The van der Waals surface area contributed by atoms with Crippen molar-refractivity contribution in [2.24, 2.45) is 5.92 Å². The maximum Gasteiger partial charge on any atom is 0.122 e. The first-order valence-corrected chi connectivity index (χ1v) is 10.5. The molecule has 142 valence electrons. The Hall–Kier alpha value is -2.46. The smallest absolute Gasteiger partial charge is 0.122 e. The Morgan fingerprint density at radius 3 is 3.00 bits per heavy atom. The van der Waals surface area contributed by atoms with Gasteiger partial charge in [0.1, 0.15) is 5.75 Å². The second kappa shape index (κ2) is 6.28. The highest BCUT2D eigenvalue weighted by atomic mass is 35.5. The molecule has 4 nitrogen and oxygen atoms in total. The number of anilines is 1. The quantitative estimate of drug-likeness (QED) is 0.672. The van der Waals surface area contributed by atoms with Crippen molar-refractivity contribution in [1.29, 1.82) is 0 Å². The van der Waals surface area contributed by atoms with Gasteiger partial charge < -0.3 is 14.6 Å². The predicted molar refractivity (Wildman–Crippen MR) is 111 cm³/mol. The van der Waals surface area contributed by atoms with E-state index < -0.39 is 0 Å². The third-order valence-corrected chi connectivity index (χ3v) is 6.45. The summed E-state index contributed by atoms with van der Waals surface area (Å²) in [6.07, 6.45) is 5.69. The summed E-state index contributed by atoms with van der Waals surface area (Å²) in [5, 5.41) is 4.33. The Morgan fingerprint density at radius 1 is 1.18 bits per heavy atom. The Kier molecular flexibility index (Phi) is 3.70. The fourth-order valence-corrected chi connectivity index (χ4v) is 4.76. The fourth-order valence-electron chi connectivity index (χ4n) is 4.59. The molecule has 0 bridgehead atoms. The first kappa shape index (κ1) is 16.5. The summed E-state index contributed by atoms with van der Waals surface area (Å²) in [6, 6.07) is 12.7. The molecule has 1 unspecified atom stereocenters. The van der Waals surface area contributed by atoms with Crippen LogP contribution in [-0.4, -0.2) is 22.7 Å². The van der Waals surface area contributed by atoms with E-state index in [-0.39, 0.29) is 5.92 Å². The third kappa shape index (κ3) is 2.70. The van der Waals surface area contributed by atoms with Crippen LogP contribution >= 0.6 is 11.6 Å². The van der Waals surface area contributed by atoms with Gasteiger partial charge in [0, 0.05) is 41.7 Å². The van der Waals surface area contributed by atoms with Crippen LogP contribution < -0.4 is 10.1 Å². The number of nitrogens with zero attached hydrogens (tertiary/aromatic N) is 2. The van der Waals surface area contributed by atoms with Crippen LogP contribution in [-0.2, 0) is 13.0 Å². The number of benzene rings is 2. The molecule has 6 rings (SSSR count). The molecular weight excluding hydrogens is 370 g/mol. The minimum Gasteiger partial charge on any atom is -0.493 e. The number of halogens is 1. The van der Waals surface area contributed by atoms with E-state index in [9.17, 15) is 0 Å². The van der Waals surface area contributed by atoms with E-state index in [2.05, 4.69) is 34.1 Å². The lowest BCUT2D eigenvalue weighted by Gasteiger charge is -2.17. The van der Waals surface area contributed by atoms with Gasteiger partial charge in [-0.25, -0.2) is 4.98 Å². The Bertz CT molecular complexity index is 1070. The van der Waals surface area contributed by atoms with E-state index in [0.717, 1.165) is 54.2 Å². The first-order valence-electron chi connectivity index (χ1n) is 10.1. The van der Waals surface area contributed by atoms with E-state index in [1.54, 1.807) is 0 Å². The van der Waals surface area contributed by atoms with Crippen LogP contribution in [0.15, 0.2) is 42.7 Å². The lowest BCUT2D eigenvalue weighted by Crippen LogP contribution is -2.12. The van der Waals surface area contributed by atoms with Crippen LogP contribution in [0.2, 0.25) is 5.02 Å². The number of rotatable bonds is 4. The third-order valence-electron chi connectivity index (χ3n) is 6.21. The molecule has 3 heterocycles. The number of imidazole rings is 1. The van der Waals surface area contributed by atoms with E-state index in [1.165, 1.54) is 35.2 Å². The number of ether oxygens (including phenoxy) is 1. The molecule has 5 heteroatoms. The van der Waals surface area contributed by atoms with Gasteiger partial charge in [-0.3, -0.25) is 0 Å². The van der Waals surface area contributed by atoms with Crippen LogP contribution in [0, 0.1) is 5.92 Å². The van der Waals surface area contributed by atoms with Crippen molar-refractivity contribution in [3.05, 3.63) is 64.6 Å². The van der Waals surface area contributed by atoms with Crippen LogP contribution in [0.5, 0.6) is 5.75 Å². The molecule has 2 aliphatic heterocycles. The summed E-state index contributed by atoms with van der Waals surface area (Å²) in [5.74, 6) is 2.10. The molecule has 0 amide bonds. The van der Waals surface area contributed by atoms with Crippen LogP contribution in [0.4, 0.5) is 5.69 Å². The molecule has 2 aromatic carbocycles. The average Bonchev–Trinajstić information content (AvgIpc) is 3.08. The maximum atomic E-state index is 6.22. The molecule has 3 aliphatic rings.